The standard InChI is InChI=1S/C13H17N3O2.C8H6N2O2/c1-4-14-9-11(1)18-13-12(15-5-6-16-13)10-2-7-17-8-3-10;11-8(12)7-9-5-3-1-2-4-6(5)10-7/h2,5-6,11,14H,1,3-4,7-9H2;1-4H,(H,9,10)(H,11,12)/t11-;/m1./s1. The van der Waals surface area contributed by atoms with Crippen molar-refractivity contribution in [2.24, 2.45) is 0 Å². The first-order valence-electron chi connectivity index (χ1n) is 9.84. The van der Waals surface area contributed by atoms with Crippen LogP contribution in [0.15, 0.2) is 42.7 Å². The van der Waals surface area contributed by atoms with Crippen LogP contribution in [0, 0.1) is 0 Å². The number of nitrogens with zero attached hydrogens (tertiary/aromatic N) is 3. The molecule has 9 heteroatoms. The summed E-state index contributed by atoms with van der Waals surface area (Å²) in [4.78, 5) is 25.8. The molecular weight excluding hydrogens is 386 g/mol. The minimum Gasteiger partial charge on any atom is -0.475 e. The number of aromatic nitrogens is 4. The van der Waals surface area contributed by atoms with E-state index < -0.39 is 5.97 Å². The van der Waals surface area contributed by atoms with Crippen molar-refractivity contribution in [2.75, 3.05) is 26.3 Å². The van der Waals surface area contributed by atoms with Crippen LogP contribution in [0.3, 0.4) is 0 Å². The first kappa shape index (κ1) is 20.0. The Bertz CT molecular complexity index is 1010. The van der Waals surface area contributed by atoms with Gasteiger partial charge in [-0.05, 0) is 37.1 Å². The molecule has 2 aromatic heterocycles. The van der Waals surface area contributed by atoms with Gasteiger partial charge in [-0.3, -0.25) is 0 Å². The predicted octanol–water partition coefficient (Wildman–Crippen LogP) is 2.28. The minimum absolute atomic E-state index is 0.0174. The number of carboxylic acids is 1. The maximum absolute atomic E-state index is 10.5. The number of benzene rings is 1. The highest BCUT2D eigenvalue weighted by Crippen LogP contribution is 2.27. The fourth-order valence-electron chi connectivity index (χ4n) is 3.31. The molecule has 2 aliphatic rings. The molecule has 3 N–H and O–H groups in total. The summed E-state index contributed by atoms with van der Waals surface area (Å²) in [6.07, 6.45) is 7.57. The molecule has 30 heavy (non-hydrogen) atoms. The van der Waals surface area contributed by atoms with E-state index >= 15 is 0 Å². The monoisotopic (exact) mass is 409 g/mol. The van der Waals surface area contributed by atoms with E-state index in [1.807, 2.05) is 12.1 Å². The molecular formula is C21H23N5O4. The van der Waals surface area contributed by atoms with Crippen LogP contribution >= 0.6 is 0 Å². The van der Waals surface area contributed by atoms with Crippen LogP contribution in [-0.4, -0.2) is 63.4 Å². The number of hydrogen-bond acceptors (Lipinski definition) is 7. The number of aromatic amines is 1. The van der Waals surface area contributed by atoms with Crippen LogP contribution < -0.4 is 10.1 Å². The fourth-order valence-corrected chi connectivity index (χ4v) is 3.31. The van der Waals surface area contributed by atoms with Gasteiger partial charge in [-0.15, -0.1) is 0 Å². The van der Waals surface area contributed by atoms with Gasteiger partial charge in [0, 0.05) is 18.9 Å². The van der Waals surface area contributed by atoms with E-state index in [1.54, 1.807) is 24.5 Å². The molecule has 0 aliphatic carbocycles. The van der Waals surface area contributed by atoms with E-state index in [9.17, 15) is 4.79 Å². The summed E-state index contributed by atoms with van der Waals surface area (Å²) in [5.41, 5.74) is 3.47. The lowest BCUT2D eigenvalue weighted by atomic mass is 10.1. The molecule has 4 heterocycles. The van der Waals surface area contributed by atoms with Gasteiger partial charge in [0.1, 0.15) is 11.8 Å². The Morgan fingerprint density at radius 3 is 2.83 bits per heavy atom. The number of hydrogen-bond donors (Lipinski definition) is 3. The molecule has 1 saturated heterocycles. The number of carbonyl (C=O) groups is 1. The highest BCUT2D eigenvalue weighted by molar-refractivity contribution is 5.88. The van der Waals surface area contributed by atoms with E-state index in [0.717, 1.165) is 43.7 Å². The number of rotatable bonds is 4. The topological polar surface area (TPSA) is 122 Å². The van der Waals surface area contributed by atoms with Gasteiger partial charge in [-0.2, -0.15) is 0 Å². The zero-order valence-corrected chi connectivity index (χ0v) is 16.4. The first-order valence-corrected chi connectivity index (χ1v) is 9.84. The highest BCUT2D eigenvalue weighted by atomic mass is 16.5. The number of carboxylic acid groups (broad SMARTS) is 1. The second-order valence-corrected chi connectivity index (χ2v) is 6.90. The Hall–Kier alpha value is -3.30. The van der Waals surface area contributed by atoms with Crippen molar-refractivity contribution in [2.45, 2.75) is 18.9 Å². The van der Waals surface area contributed by atoms with Crippen molar-refractivity contribution in [1.82, 2.24) is 25.3 Å². The van der Waals surface area contributed by atoms with Gasteiger partial charge >= 0.3 is 5.97 Å². The minimum atomic E-state index is -1.04. The Balaban J connectivity index is 0.000000158. The lowest BCUT2D eigenvalue weighted by molar-refractivity contribution is 0.0685. The second kappa shape index (κ2) is 9.47. The number of fused-ring (bicyclic) bond motifs is 1. The van der Waals surface area contributed by atoms with Crippen molar-refractivity contribution >= 4 is 22.6 Å². The van der Waals surface area contributed by atoms with E-state index in [2.05, 4.69) is 31.3 Å². The molecule has 0 amide bonds. The summed E-state index contributed by atoms with van der Waals surface area (Å²) < 4.78 is 11.3. The van der Waals surface area contributed by atoms with Crippen LogP contribution in [-0.2, 0) is 4.74 Å². The van der Waals surface area contributed by atoms with Crippen molar-refractivity contribution in [3.63, 3.8) is 0 Å². The lowest BCUT2D eigenvalue weighted by Crippen LogP contribution is -2.21. The zero-order valence-electron chi connectivity index (χ0n) is 16.4. The second-order valence-electron chi connectivity index (χ2n) is 6.90. The van der Waals surface area contributed by atoms with Gasteiger partial charge in [0.2, 0.25) is 11.7 Å². The maximum atomic E-state index is 10.5. The van der Waals surface area contributed by atoms with E-state index in [0.29, 0.717) is 18.0 Å². The van der Waals surface area contributed by atoms with Crippen LogP contribution in [0.25, 0.3) is 16.6 Å². The Labute approximate surface area is 173 Å². The molecule has 1 fully saturated rings. The molecule has 1 aromatic carbocycles. The Morgan fingerprint density at radius 2 is 2.10 bits per heavy atom. The number of imidazole rings is 1. The van der Waals surface area contributed by atoms with Crippen LogP contribution in [0.1, 0.15) is 29.2 Å². The molecule has 5 rings (SSSR count). The molecule has 2 aliphatic heterocycles. The lowest BCUT2D eigenvalue weighted by Gasteiger charge is -2.17. The van der Waals surface area contributed by atoms with E-state index in [4.69, 9.17) is 14.6 Å². The van der Waals surface area contributed by atoms with Gasteiger partial charge in [0.25, 0.3) is 0 Å². The molecule has 3 aromatic rings. The average molecular weight is 409 g/mol. The fraction of sp³-hybridized carbons (Fsp3) is 0.333. The van der Waals surface area contributed by atoms with Gasteiger partial charge in [-0.25, -0.2) is 19.7 Å². The summed E-state index contributed by atoms with van der Waals surface area (Å²) in [6.45, 7) is 3.29. The van der Waals surface area contributed by atoms with Gasteiger partial charge in [0.05, 0.1) is 24.2 Å². The average Bonchev–Trinajstić information content (AvgIpc) is 3.45. The molecule has 0 unspecified atom stereocenters. The van der Waals surface area contributed by atoms with Crippen LogP contribution in [0.2, 0.25) is 0 Å². The predicted molar refractivity (Wildman–Crippen MR) is 110 cm³/mol. The molecule has 0 saturated carbocycles. The number of nitrogens with one attached hydrogen (secondary N) is 2. The third-order valence-electron chi connectivity index (χ3n) is 4.82. The van der Waals surface area contributed by atoms with Gasteiger partial charge in [-0.1, -0.05) is 18.2 Å². The van der Waals surface area contributed by atoms with Crippen molar-refractivity contribution < 1.29 is 19.4 Å². The quantitative estimate of drug-likeness (QED) is 0.600. The normalized spacial score (nSPS) is 18.4. The summed E-state index contributed by atoms with van der Waals surface area (Å²) in [7, 11) is 0. The van der Waals surface area contributed by atoms with Crippen molar-refractivity contribution in [3.8, 4) is 5.88 Å². The Morgan fingerprint density at radius 1 is 1.23 bits per heavy atom. The SMILES string of the molecule is C1=C(c2nccnc2O[C@@H]2CCNC2)CCOC1.O=C(O)c1nc2ccccc2[nH]1. The molecule has 0 spiro atoms. The van der Waals surface area contributed by atoms with E-state index in [1.165, 1.54) is 5.57 Å². The molecule has 0 bridgehead atoms. The van der Waals surface area contributed by atoms with E-state index in [-0.39, 0.29) is 11.9 Å². The summed E-state index contributed by atoms with van der Waals surface area (Å²) >= 11 is 0. The highest BCUT2D eigenvalue weighted by Gasteiger charge is 2.20. The van der Waals surface area contributed by atoms with Crippen molar-refractivity contribution in [3.05, 3.63) is 54.3 Å². The third kappa shape index (κ3) is 4.81. The summed E-state index contributed by atoms with van der Waals surface area (Å²) in [5.74, 6) is -0.401. The van der Waals surface area contributed by atoms with Gasteiger partial charge in [0.15, 0.2) is 0 Å². The molecule has 0 radical (unpaired) electrons. The summed E-state index contributed by atoms with van der Waals surface area (Å²) in [6, 6.07) is 7.19. The van der Waals surface area contributed by atoms with Crippen LogP contribution in [0.5, 0.6) is 5.88 Å². The number of ether oxygens (including phenoxy) is 2. The maximum Gasteiger partial charge on any atom is 0.371 e. The number of aromatic carboxylic acids is 1. The van der Waals surface area contributed by atoms with Crippen LogP contribution in [0.4, 0.5) is 0 Å². The van der Waals surface area contributed by atoms with Gasteiger partial charge < -0.3 is 24.9 Å². The third-order valence-corrected chi connectivity index (χ3v) is 4.82. The largest absolute Gasteiger partial charge is 0.475 e. The zero-order chi connectivity index (χ0) is 20.8. The smallest absolute Gasteiger partial charge is 0.371 e. The number of para-hydroxylation sites is 2. The first-order chi connectivity index (χ1) is 14.7. The van der Waals surface area contributed by atoms with Crippen molar-refractivity contribution in [1.29, 1.82) is 0 Å². The number of H-pyrrole nitrogens is 1. The summed E-state index contributed by atoms with van der Waals surface area (Å²) in [5, 5.41) is 11.9. The Kier molecular flexibility index (Phi) is 6.31. The molecule has 9 nitrogen and oxygen atoms in total. The molecule has 156 valence electrons. The molecule has 1 atom stereocenters.